The molecule has 4 nitrogen and oxygen atoms in total. The number of nitrogens with two attached hydrogens (primary N) is 1. The lowest BCUT2D eigenvalue weighted by molar-refractivity contribution is 0.0950. The van der Waals surface area contributed by atoms with Gasteiger partial charge in [0.15, 0.2) is 0 Å². The van der Waals surface area contributed by atoms with Gasteiger partial charge in [-0.05, 0) is 30.9 Å². The monoisotopic (exact) mass is 322 g/mol. The average Bonchev–Trinajstić information content (AvgIpc) is 3.28. The number of nitrogens with one attached hydrogen (secondary N) is 1. The Kier molecular flexibility index (Phi) is 4.42. The highest BCUT2D eigenvalue weighted by Gasteiger charge is 2.29. The van der Waals surface area contributed by atoms with Crippen LogP contribution in [0.1, 0.15) is 28.1 Å². The first-order valence-electron chi connectivity index (χ1n) is 7.34. The zero-order chi connectivity index (χ0) is 15.7. The van der Waals surface area contributed by atoms with Crippen LogP contribution in [0.25, 0.3) is 10.1 Å². The molecule has 1 aliphatic carbocycles. The molecule has 0 bridgehead atoms. The minimum atomic E-state index is -0.325. The summed E-state index contributed by atoms with van der Waals surface area (Å²) in [5.41, 5.74) is 6.61. The minimum absolute atomic E-state index is 0.000870. The van der Waals surface area contributed by atoms with Gasteiger partial charge in [-0.3, -0.25) is 4.79 Å². The zero-order valence-corrected chi connectivity index (χ0v) is 13.2. The maximum Gasteiger partial charge on any atom is 0.261 e. The lowest BCUT2D eigenvalue weighted by Gasteiger charge is -2.11. The summed E-state index contributed by atoms with van der Waals surface area (Å²) in [6.45, 7) is 0.658. The quantitative estimate of drug-likeness (QED) is 0.859. The third kappa shape index (κ3) is 2.99. The van der Waals surface area contributed by atoms with E-state index in [9.17, 15) is 9.18 Å². The molecule has 0 spiro atoms. The van der Waals surface area contributed by atoms with Gasteiger partial charge in [0, 0.05) is 35.3 Å². The topological polar surface area (TPSA) is 64.3 Å². The molecule has 0 radical (unpaired) electrons. The van der Waals surface area contributed by atoms with Crippen LogP contribution in [0.15, 0.2) is 18.2 Å². The molecule has 1 heterocycles. The largest absolute Gasteiger partial charge is 0.380 e. The van der Waals surface area contributed by atoms with Crippen molar-refractivity contribution in [2.45, 2.75) is 25.5 Å². The second-order valence-corrected chi connectivity index (χ2v) is 6.72. The van der Waals surface area contributed by atoms with Crippen LogP contribution in [0.3, 0.4) is 0 Å². The number of carbonyl (C=O) groups excluding carboxylic acids is 1. The van der Waals surface area contributed by atoms with Gasteiger partial charge < -0.3 is 15.8 Å². The van der Waals surface area contributed by atoms with Crippen LogP contribution in [0, 0.1) is 11.7 Å². The summed E-state index contributed by atoms with van der Waals surface area (Å²) >= 11 is 1.29. The number of ether oxygens (including phenoxy) is 1. The highest BCUT2D eigenvalue weighted by Crippen LogP contribution is 2.34. The number of fused-ring (bicyclic) bond motifs is 1. The zero-order valence-electron chi connectivity index (χ0n) is 12.4. The van der Waals surface area contributed by atoms with Gasteiger partial charge in [0.2, 0.25) is 0 Å². The first-order valence-corrected chi connectivity index (χ1v) is 8.16. The maximum atomic E-state index is 14.1. The molecular weight excluding hydrogens is 303 g/mol. The summed E-state index contributed by atoms with van der Waals surface area (Å²) in [4.78, 5) is 12.9. The van der Waals surface area contributed by atoms with E-state index >= 15 is 0 Å². The van der Waals surface area contributed by atoms with Gasteiger partial charge in [0.25, 0.3) is 5.91 Å². The number of thiophene rings is 1. The van der Waals surface area contributed by atoms with E-state index in [-0.39, 0.29) is 24.4 Å². The van der Waals surface area contributed by atoms with E-state index in [0.717, 1.165) is 17.5 Å². The number of benzene rings is 1. The summed E-state index contributed by atoms with van der Waals surface area (Å²) in [5.74, 6) is -0.00289. The Balaban J connectivity index is 1.86. The van der Waals surface area contributed by atoms with Crippen molar-refractivity contribution in [3.05, 3.63) is 34.5 Å². The number of carbonyl (C=O) groups is 1. The third-order valence-electron chi connectivity index (χ3n) is 3.98. The number of hydrogen-bond donors (Lipinski definition) is 2. The fourth-order valence-corrected chi connectivity index (χ4v) is 3.75. The molecule has 1 fully saturated rings. The molecule has 1 aromatic heterocycles. The smallest absolute Gasteiger partial charge is 0.261 e. The van der Waals surface area contributed by atoms with Crippen LogP contribution in [-0.2, 0) is 11.3 Å². The van der Waals surface area contributed by atoms with E-state index in [1.165, 1.54) is 24.5 Å². The molecule has 1 amide bonds. The van der Waals surface area contributed by atoms with Crippen molar-refractivity contribution in [2.75, 3.05) is 13.7 Å². The van der Waals surface area contributed by atoms with Gasteiger partial charge in [-0.1, -0.05) is 6.07 Å². The number of rotatable bonds is 6. The van der Waals surface area contributed by atoms with E-state index in [1.54, 1.807) is 6.07 Å². The van der Waals surface area contributed by atoms with Crippen molar-refractivity contribution < 1.29 is 13.9 Å². The highest BCUT2D eigenvalue weighted by molar-refractivity contribution is 7.21. The molecule has 1 unspecified atom stereocenters. The highest BCUT2D eigenvalue weighted by atomic mass is 32.1. The second kappa shape index (κ2) is 6.32. The van der Waals surface area contributed by atoms with Crippen molar-refractivity contribution in [2.24, 2.45) is 11.7 Å². The van der Waals surface area contributed by atoms with E-state index in [0.29, 0.717) is 28.3 Å². The molecule has 3 rings (SSSR count). The summed E-state index contributed by atoms with van der Waals surface area (Å²) in [6.07, 6.45) is 2.28. The van der Waals surface area contributed by atoms with Gasteiger partial charge in [0.05, 0.1) is 11.5 Å². The predicted molar refractivity (Wildman–Crippen MR) is 85.5 cm³/mol. The van der Waals surface area contributed by atoms with Crippen LogP contribution in [0.5, 0.6) is 0 Å². The Morgan fingerprint density at radius 2 is 2.32 bits per heavy atom. The van der Waals surface area contributed by atoms with Crippen LogP contribution >= 0.6 is 11.3 Å². The maximum absolute atomic E-state index is 14.1. The van der Waals surface area contributed by atoms with Crippen molar-refractivity contribution in [3.8, 4) is 0 Å². The lowest BCUT2D eigenvalue weighted by atomic mass is 10.1. The van der Waals surface area contributed by atoms with E-state index < -0.39 is 0 Å². The molecule has 0 saturated heterocycles. The Labute approximate surface area is 132 Å². The molecule has 6 heteroatoms. The molecule has 0 aliphatic heterocycles. The van der Waals surface area contributed by atoms with Crippen molar-refractivity contribution >= 4 is 27.3 Å². The third-order valence-corrected chi connectivity index (χ3v) is 5.18. The van der Waals surface area contributed by atoms with E-state index in [4.69, 9.17) is 10.5 Å². The number of amides is 1. The minimum Gasteiger partial charge on any atom is -0.380 e. The molecular formula is C16H19FN2O2S. The molecule has 1 atom stereocenters. The Hall–Kier alpha value is -1.50. The number of methoxy groups -OCH3 is 1. The normalized spacial score (nSPS) is 16.0. The second-order valence-electron chi connectivity index (χ2n) is 5.67. The van der Waals surface area contributed by atoms with Gasteiger partial charge >= 0.3 is 0 Å². The fraction of sp³-hybridized carbons (Fsp3) is 0.438. The summed E-state index contributed by atoms with van der Waals surface area (Å²) in [5, 5.41) is 3.35. The Bertz CT molecular complexity index is 697. The number of hydrogen-bond acceptors (Lipinski definition) is 4. The molecule has 3 N–H and O–H groups in total. The first kappa shape index (κ1) is 15.4. The molecule has 2 aromatic rings. The van der Waals surface area contributed by atoms with Gasteiger partial charge in [-0.2, -0.15) is 0 Å². The van der Waals surface area contributed by atoms with Crippen LogP contribution in [0.4, 0.5) is 4.39 Å². The fourth-order valence-electron chi connectivity index (χ4n) is 2.61. The average molecular weight is 322 g/mol. The van der Waals surface area contributed by atoms with Gasteiger partial charge in [-0.25, -0.2) is 4.39 Å². The van der Waals surface area contributed by atoms with Crippen molar-refractivity contribution in [1.29, 1.82) is 0 Å². The molecule has 1 saturated carbocycles. The summed E-state index contributed by atoms with van der Waals surface area (Å²) in [6, 6.07) is 4.87. The molecule has 22 heavy (non-hydrogen) atoms. The Morgan fingerprint density at radius 3 is 3.00 bits per heavy atom. The lowest BCUT2D eigenvalue weighted by Crippen LogP contribution is -2.38. The SMILES string of the molecule is COCc1c(C(=O)NCC(N)C2CC2)sc2cccc(F)c12. The van der Waals surface area contributed by atoms with E-state index in [1.807, 2.05) is 6.07 Å². The molecule has 1 aliphatic rings. The van der Waals surface area contributed by atoms with Crippen LogP contribution in [-0.4, -0.2) is 25.6 Å². The predicted octanol–water partition coefficient (Wildman–Crippen LogP) is 2.65. The first-order chi connectivity index (χ1) is 10.6. The summed E-state index contributed by atoms with van der Waals surface area (Å²) < 4.78 is 20.0. The van der Waals surface area contributed by atoms with Gasteiger partial charge in [0.1, 0.15) is 5.82 Å². The molecule has 1 aromatic carbocycles. The standard InChI is InChI=1S/C16H19FN2O2S/c1-21-8-10-14-11(17)3-2-4-13(14)22-15(10)16(20)19-7-12(18)9-5-6-9/h2-4,9,12H,5-8,18H2,1H3,(H,19,20). The molecule has 118 valence electrons. The van der Waals surface area contributed by atoms with Gasteiger partial charge in [-0.15, -0.1) is 11.3 Å². The summed E-state index contributed by atoms with van der Waals surface area (Å²) in [7, 11) is 1.54. The van der Waals surface area contributed by atoms with Crippen LogP contribution < -0.4 is 11.1 Å². The van der Waals surface area contributed by atoms with Crippen molar-refractivity contribution in [3.63, 3.8) is 0 Å². The van der Waals surface area contributed by atoms with Crippen molar-refractivity contribution in [1.82, 2.24) is 5.32 Å². The van der Waals surface area contributed by atoms with E-state index in [2.05, 4.69) is 5.32 Å². The number of halogens is 1. The Morgan fingerprint density at radius 1 is 1.55 bits per heavy atom. The van der Waals surface area contributed by atoms with Crippen LogP contribution in [0.2, 0.25) is 0 Å².